The molecule has 1 aromatic heterocycles. The van der Waals surface area contributed by atoms with Crippen LogP contribution in [0.2, 0.25) is 0 Å². The number of amides is 2. The Morgan fingerprint density at radius 1 is 1.36 bits per heavy atom. The van der Waals surface area contributed by atoms with Gasteiger partial charge in [-0.3, -0.25) is 14.9 Å². The molecule has 2 amide bonds. The standard InChI is InChI=1S/C17H20N4O3S/c1-3-4-9-15-19-20-17(25-15)18-16(23)14-10-21(11(2)22)12-7-5-6-8-13(12)24-14/h5-8,14H,3-4,9-10H2,1-2H3,(H,18,20,23). The monoisotopic (exact) mass is 360 g/mol. The van der Waals surface area contributed by atoms with Crippen LogP contribution >= 0.6 is 11.3 Å². The van der Waals surface area contributed by atoms with Gasteiger partial charge >= 0.3 is 0 Å². The Kier molecular flexibility index (Phi) is 5.28. The van der Waals surface area contributed by atoms with Gasteiger partial charge in [0.2, 0.25) is 11.0 Å². The number of rotatable bonds is 5. The molecule has 0 radical (unpaired) electrons. The Balaban J connectivity index is 1.70. The molecule has 3 rings (SSSR count). The minimum absolute atomic E-state index is 0.133. The molecule has 0 aliphatic carbocycles. The summed E-state index contributed by atoms with van der Waals surface area (Å²) in [7, 11) is 0. The minimum Gasteiger partial charge on any atom is -0.476 e. The first-order valence-corrected chi connectivity index (χ1v) is 9.07. The number of ether oxygens (including phenoxy) is 1. The summed E-state index contributed by atoms with van der Waals surface area (Å²) in [6.07, 6.45) is 2.19. The molecule has 0 fully saturated rings. The fourth-order valence-electron chi connectivity index (χ4n) is 2.59. The molecule has 132 valence electrons. The van der Waals surface area contributed by atoms with Gasteiger partial charge in [-0.05, 0) is 18.6 Å². The van der Waals surface area contributed by atoms with Crippen molar-refractivity contribution in [1.82, 2.24) is 10.2 Å². The first kappa shape index (κ1) is 17.3. The first-order valence-electron chi connectivity index (χ1n) is 8.25. The van der Waals surface area contributed by atoms with Gasteiger partial charge in [-0.2, -0.15) is 0 Å². The van der Waals surface area contributed by atoms with Gasteiger partial charge in [0.05, 0.1) is 12.2 Å². The summed E-state index contributed by atoms with van der Waals surface area (Å²) in [4.78, 5) is 26.0. The van der Waals surface area contributed by atoms with E-state index in [-0.39, 0.29) is 18.4 Å². The van der Waals surface area contributed by atoms with Crippen molar-refractivity contribution in [2.75, 3.05) is 16.8 Å². The summed E-state index contributed by atoms with van der Waals surface area (Å²) in [5.41, 5.74) is 0.678. The second-order valence-corrected chi connectivity index (χ2v) is 6.86. The number of carbonyl (C=O) groups excluding carboxylic acids is 2. The predicted octanol–water partition coefficient (Wildman–Crippen LogP) is 2.63. The maximum Gasteiger partial charge on any atom is 0.269 e. The number of anilines is 2. The molecule has 1 aliphatic rings. The number of nitrogens with zero attached hydrogens (tertiary/aromatic N) is 3. The second-order valence-electron chi connectivity index (χ2n) is 5.80. The Labute approximate surface area is 150 Å². The average Bonchev–Trinajstić information content (AvgIpc) is 3.06. The van der Waals surface area contributed by atoms with Gasteiger partial charge in [-0.25, -0.2) is 0 Å². The van der Waals surface area contributed by atoms with Crippen LogP contribution in [-0.2, 0) is 16.0 Å². The molecular weight excluding hydrogens is 340 g/mol. The minimum atomic E-state index is -0.790. The molecule has 1 N–H and O–H groups in total. The zero-order valence-electron chi connectivity index (χ0n) is 14.2. The molecule has 25 heavy (non-hydrogen) atoms. The van der Waals surface area contributed by atoms with Gasteiger partial charge in [-0.1, -0.05) is 36.8 Å². The van der Waals surface area contributed by atoms with Crippen molar-refractivity contribution in [2.24, 2.45) is 0 Å². The predicted molar refractivity (Wildman–Crippen MR) is 96.0 cm³/mol. The number of hydrogen-bond acceptors (Lipinski definition) is 6. The van der Waals surface area contributed by atoms with E-state index in [1.54, 1.807) is 17.0 Å². The summed E-state index contributed by atoms with van der Waals surface area (Å²) in [5.74, 6) is 0.0512. The highest BCUT2D eigenvalue weighted by molar-refractivity contribution is 7.15. The van der Waals surface area contributed by atoms with Gasteiger partial charge < -0.3 is 9.64 Å². The van der Waals surface area contributed by atoms with E-state index in [0.717, 1.165) is 24.3 Å². The van der Waals surface area contributed by atoms with Crippen LogP contribution < -0.4 is 15.0 Å². The lowest BCUT2D eigenvalue weighted by Crippen LogP contribution is -2.48. The molecule has 2 heterocycles. The highest BCUT2D eigenvalue weighted by atomic mass is 32.1. The van der Waals surface area contributed by atoms with E-state index in [0.29, 0.717) is 16.6 Å². The molecule has 7 nitrogen and oxygen atoms in total. The Hall–Kier alpha value is -2.48. The SMILES string of the molecule is CCCCc1nnc(NC(=O)C2CN(C(C)=O)c3ccccc3O2)s1. The summed E-state index contributed by atoms with van der Waals surface area (Å²) >= 11 is 1.37. The average molecular weight is 360 g/mol. The molecular formula is C17H20N4O3S. The molecule has 1 unspecified atom stereocenters. The van der Waals surface area contributed by atoms with Gasteiger partial charge in [0, 0.05) is 13.3 Å². The van der Waals surface area contributed by atoms with E-state index in [1.165, 1.54) is 18.3 Å². The fraction of sp³-hybridized carbons (Fsp3) is 0.412. The third kappa shape index (κ3) is 3.96. The van der Waals surface area contributed by atoms with E-state index >= 15 is 0 Å². The van der Waals surface area contributed by atoms with E-state index in [1.807, 2.05) is 12.1 Å². The van der Waals surface area contributed by atoms with E-state index < -0.39 is 6.10 Å². The fourth-order valence-corrected chi connectivity index (χ4v) is 3.37. The highest BCUT2D eigenvalue weighted by Crippen LogP contribution is 2.33. The maximum absolute atomic E-state index is 12.5. The molecule has 2 aromatic rings. The molecule has 1 aromatic carbocycles. The number of para-hydroxylation sites is 2. The van der Waals surface area contributed by atoms with Crippen molar-refractivity contribution in [3.63, 3.8) is 0 Å². The van der Waals surface area contributed by atoms with Crippen molar-refractivity contribution in [3.05, 3.63) is 29.3 Å². The van der Waals surface area contributed by atoms with Crippen LogP contribution in [0.5, 0.6) is 5.75 Å². The quantitative estimate of drug-likeness (QED) is 0.886. The lowest BCUT2D eigenvalue weighted by Gasteiger charge is -2.33. The largest absolute Gasteiger partial charge is 0.476 e. The number of benzene rings is 1. The Bertz CT molecular complexity index is 777. The third-order valence-electron chi connectivity index (χ3n) is 3.89. The lowest BCUT2D eigenvalue weighted by atomic mass is 10.2. The first-order chi connectivity index (χ1) is 12.1. The van der Waals surface area contributed by atoms with Crippen LogP contribution in [0.25, 0.3) is 0 Å². The maximum atomic E-state index is 12.5. The van der Waals surface area contributed by atoms with Gasteiger partial charge in [0.1, 0.15) is 10.8 Å². The number of carbonyl (C=O) groups is 2. The van der Waals surface area contributed by atoms with Crippen LogP contribution in [0.3, 0.4) is 0 Å². The molecule has 0 spiro atoms. The van der Waals surface area contributed by atoms with Gasteiger partial charge in [-0.15, -0.1) is 10.2 Å². The molecule has 0 bridgehead atoms. The third-order valence-corrected chi connectivity index (χ3v) is 4.79. The number of unbranched alkanes of at least 4 members (excludes halogenated alkanes) is 1. The number of nitrogens with one attached hydrogen (secondary N) is 1. The molecule has 1 aliphatic heterocycles. The lowest BCUT2D eigenvalue weighted by molar-refractivity contribution is -0.123. The van der Waals surface area contributed by atoms with E-state index in [9.17, 15) is 9.59 Å². The van der Waals surface area contributed by atoms with Crippen molar-refractivity contribution in [3.8, 4) is 5.75 Å². The van der Waals surface area contributed by atoms with Crippen molar-refractivity contribution in [2.45, 2.75) is 39.2 Å². The summed E-state index contributed by atoms with van der Waals surface area (Å²) in [5, 5.41) is 12.2. The summed E-state index contributed by atoms with van der Waals surface area (Å²) in [6, 6.07) is 7.19. The second kappa shape index (κ2) is 7.60. The van der Waals surface area contributed by atoms with Crippen LogP contribution in [0.4, 0.5) is 10.8 Å². The van der Waals surface area contributed by atoms with Crippen LogP contribution in [0.1, 0.15) is 31.7 Å². The van der Waals surface area contributed by atoms with Gasteiger partial charge in [0.25, 0.3) is 5.91 Å². The Morgan fingerprint density at radius 2 is 2.16 bits per heavy atom. The summed E-state index contributed by atoms with van der Waals surface area (Å²) in [6.45, 7) is 3.75. The number of hydrogen-bond donors (Lipinski definition) is 1. The normalized spacial score (nSPS) is 16.1. The smallest absolute Gasteiger partial charge is 0.269 e. The van der Waals surface area contributed by atoms with Crippen LogP contribution in [0.15, 0.2) is 24.3 Å². The van der Waals surface area contributed by atoms with Crippen molar-refractivity contribution >= 4 is 34.0 Å². The van der Waals surface area contributed by atoms with Crippen molar-refractivity contribution in [1.29, 1.82) is 0 Å². The van der Waals surface area contributed by atoms with Crippen LogP contribution in [-0.4, -0.2) is 34.7 Å². The van der Waals surface area contributed by atoms with Crippen molar-refractivity contribution < 1.29 is 14.3 Å². The Morgan fingerprint density at radius 3 is 2.92 bits per heavy atom. The molecule has 1 atom stereocenters. The molecule has 8 heteroatoms. The topological polar surface area (TPSA) is 84.4 Å². The van der Waals surface area contributed by atoms with Crippen LogP contribution in [0, 0.1) is 0 Å². The number of aromatic nitrogens is 2. The molecule has 0 saturated carbocycles. The number of fused-ring (bicyclic) bond motifs is 1. The van der Waals surface area contributed by atoms with Gasteiger partial charge in [0.15, 0.2) is 6.10 Å². The zero-order chi connectivity index (χ0) is 17.8. The molecule has 0 saturated heterocycles. The highest BCUT2D eigenvalue weighted by Gasteiger charge is 2.32. The van der Waals surface area contributed by atoms with E-state index in [4.69, 9.17) is 4.74 Å². The summed E-state index contributed by atoms with van der Waals surface area (Å²) < 4.78 is 5.77. The zero-order valence-corrected chi connectivity index (χ0v) is 15.0. The van der Waals surface area contributed by atoms with E-state index in [2.05, 4.69) is 22.4 Å². The number of aryl methyl sites for hydroxylation is 1.